The molecule has 0 spiro atoms. The lowest BCUT2D eigenvalue weighted by Crippen LogP contribution is -2.25. The number of rotatable bonds is 6. The minimum absolute atomic E-state index is 0.101. The lowest BCUT2D eigenvalue weighted by Gasteiger charge is -2.15. The average Bonchev–Trinajstić information content (AvgIpc) is 2.83. The number of ether oxygens (including phenoxy) is 3. The molecule has 0 radical (unpaired) electrons. The van der Waals surface area contributed by atoms with Gasteiger partial charge < -0.3 is 25.1 Å². The summed E-state index contributed by atoms with van der Waals surface area (Å²) in [7, 11) is 0. The molecule has 2 aliphatic rings. The quantitative estimate of drug-likeness (QED) is 0.559. The van der Waals surface area contributed by atoms with Gasteiger partial charge in [0, 0.05) is 0 Å². The predicted molar refractivity (Wildman–Crippen MR) is 68.8 cm³/mol. The monoisotopic (exact) mass is 279 g/mol. The molecule has 7 nitrogen and oxygen atoms in total. The van der Waals surface area contributed by atoms with Gasteiger partial charge in [0.15, 0.2) is 0 Å². The molecule has 0 saturated carbocycles. The molecule has 1 aliphatic heterocycles. The number of hydrogen-bond donors (Lipinski definition) is 2. The van der Waals surface area contributed by atoms with E-state index >= 15 is 0 Å². The van der Waals surface area contributed by atoms with Gasteiger partial charge in [-0.15, -0.1) is 0 Å². The molecule has 7 heteroatoms. The molecule has 2 heterocycles. The van der Waals surface area contributed by atoms with E-state index in [-0.39, 0.29) is 18.9 Å². The van der Waals surface area contributed by atoms with Crippen LogP contribution in [0.1, 0.15) is 24.1 Å². The Hall–Kier alpha value is -1.54. The van der Waals surface area contributed by atoms with E-state index in [1.54, 1.807) is 6.08 Å². The molecule has 20 heavy (non-hydrogen) atoms. The van der Waals surface area contributed by atoms with Gasteiger partial charge in [-0.05, 0) is 12.8 Å². The van der Waals surface area contributed by atoms with Crippen molar-refractivity contribution in [2.75, 3.05) is 13.2 Å². The molecule has 108 valence electrons. The van der Waals surface area contributed by atoms with Gasteiger partial charge >= 0.3 is 0 Å². The Labute approximate surface area is 116 Å². The summed E-state index contributed by atoms with van der Waals surface area (Å²) in [6.07, 6.45) is 4.21. The van der Waals surface area contributed by atoms with E-state index in [2.05, 4.69) is 16.5 Å². The first kappa shape index (κ1) is 13.4. The van der Waals surface area contributed by atoms with Crippen molar-refractivity contribution in [3.8, 4) is 5.88 Å². The fraction of sp³-hybridized carbons (Fsp3) is 0.538. The Balaban J connectivity index is 1.63. The molecule has 3 rings (SSSR count). The first-order chi connectivity index (χ1) is 9.65. The number of hydrogen-bond acceptors (Lipinski definition) is 7. The van der Waals surface area contributed by atoms with E-state index in [1.165, 1.54) is 6.33 Å². The maximum absolute atomic E-state index is 10.4. The van der Waals surface area contributed by atoms with Crippen LogP contribution in [0.3, 0.4) is 0 Å². The summed E-state index contributed by atoms with van der Waals surface area (Å²) in [4.78, 5) is 7.98. The maximum Gasteiger partial charge on any atom is 0.245 e. The molecule has 1 aliphatic carbocycles. The highest BCUT2D eigenvalue weighted by atomic mass is 16.6. The molecular formula is C13H17N3O4. The Morgan fingerprint density at radius 1 is 1.55 bits per heavy atom. The van der Waals surface area contributed by atoms with E-state index in [4.69, 9.17) is 19.9 Å². The largest absolute Gasteiger partial charge is 0.473 e. The van der Waals surface area contributed by atoms with Gasteiger partial charge in [-0.25, -0.2) is 9.97 Å². The van der Waals surface area contributed by atoms with Crippen molar-refractivity contribution < 1.29 is 19.3 Å². The number of nitrogens with zero attached hydrogens (tertiary/aromatic N) is 2. The molecule has 1 saturated heterocycles. The Kier molecular flexibility index (Phi) is 3.43. The van der Waals surface area contributed by atoms with Crippen LogP contribution in [0.4, 0.5) is 0 Å². The fourth-order valence-electron chi connectivity index (χ4n) is 2.30. The smallest absolute Gasteiger partial charge is 0.245 e. The zero-order valence-corrected chi connectivity index (χ0v) is 11.0. The van der Waals surface area contributed by atoms with Crippen LogP contribution in [0.15, 0.2) is 19.0 Å². The highest BCUT2D eigenvalue weighted by Crippen LogP contribution is 2.51. The minimum atomic E-state index is -1.51. The lowest BCUT2D eigenvalue weighted by molar-refractivity contribution is -0.167. The van der Waals surface area contributed by atoms with E-state index in [0.717, 1.165) is 12.8 Å². The molecule has 1 fully saturated rings. The zero-order valence-electron chi connectivity index (χ0n) is 11.0. The summed E-state index contributed by atoms with van der Waals surface area (Å²) in [5.74, 6) is -1.19. The third-order valence-corrected chi connectivity index (χ3v) is 3.37. The Bertz CT molecular complexity index is 524. The summed E-state index contributed by atoms with van der Waals surface area (Å²) in [6, 6.07) is 0. The molecular weight excluding hydrogens is 262 g/mol. The van der Waals surface area contributed by atoms with Crippen molar-refractivity contribution in [3.05, 3.63) is 30.2 Å². The molecule has 0 amide bonds. The Morgan fingerprint density at radius 2 is 2.40 bits per heavy atom. The third kappa shape index (κ3) is 2.29. The van der Waals surface area contributed by atoms with Gasteiger partial charge in [-0.3, -0.25) is 0 Å². The molecule has 0 aromatic carbocycles. The second-order valence-corrected chi connectivity index (χ2v) is 4.83. The first-order valence-electron chi connectivity index (χ1n) is 6.52. The summed E-state index contributed by atoms with van der Waals surface area (Å²) in [5.41, 5.74) is 6.57. The summed E-state index contributed by atoms with van der Waals surface area (Å²) < 4.78 is 16.3. The lowest BCUT2D eigenvalue weighted by atomic mass is 10.2. The minimum Gasteiger partial charge on any atom is -0.473 e. The normalized spacial score (nSPS) is 30.9. The maximum atomic E-state index is 10.4. The van der Waals surface area contributed by atoms with Gasteiger partial charge in [0.05, 0.1) is 12.7 Å². The van der Waals surface area contributed by atoms with E-state index in [0.29, 0.717) is 23.7 Å². The van der Waals surface area contributed by atoms with Gasteiger partial charge in [-0.1, -0.05) is 12.7 Å². The van der Waals surface area contributed by atoms with E-state index < -0.39 is 5.79 Å². The van der Waals surface area contributed by atoms with Crippen LogP contribution < -0.4 is 10.5 Å². The highest BCUT2D eigenvalue weighted by Gasteiger charge is 2.57. The SMILES string of the molecule is C=CCOc1ncnc2c1C2(O)OCC1CCC(N)O1. The van der Waals surface area contributed by atoms with Crippen LogP contribution in [0.25, 0.3) is 0 Å². The second-order valence-electron chi connectivity index (χ2n) is 4.83. The van der Waals surface area contributed by atoms with Crippen LogP contribution in [-0.4, -0.2) is 40.6 Å². The molecule has 3 unspecified atom stereocenters. The van der Waals surface area contributed by atoms with Crippen molar-refractivity contribution in [2.45, 2.75) is 31.0 Å². The van der Waals surface area contributed by atoms with Crippen LogP contribution in [0.5, 0.6) is 5.88 Å². The second kappa shape index (κ2) is 5.10. The summed E-state index contributed by atoms with van der Waals surface area (Å²) >= 11 is 0. The Morgan fingerprint density at radius 3 is 3.10 bits per heavy atom. The third-order valence-electron chi connectivity index (χ3n) is 3.37. The molecule has 3 N–H and O–H groups in total. The van der Waals surface area contributed by atoms with Crippen molar-refractivity contribution >= 4 is 0 Å². The topological polar surface area (TPSA) is 99.7 Å². The van der Waals surface area contributed by atoms with E-state index in [1.807, 2.05) is 0 Å². The van der Waals surface area contributed by atoms with Crippen molar-refractivity contribution in [1.29, 1.82) is 0 Å². The van der Waals surface area contributed by atoms with Crippen LogP contribution in [0, 0.1) is 0 Å². The van der Waals surface area contributed by atoms with Gasteiger partial charge in [-0.2, -0.15) is 0 Å². The van der Waals surface area contributed by atoms with Gasteiger partial charge in [0.25, 0.3) is 0 Å². The first-order valence-corrected chi connectivity index (χ1v) is 6.52. The van der Waals surface area contributed by atoms with Crippen LogP contribution >= 0.6 is 0 Å². The number of aromatic nitrogens is 2. The number of nitrogens with two attached hydrogens (primary N) is 1. The average molecular weight is 279 g/mol. The van der Waals surface area contributed by atoms with Crippen molar-refractivity contribution in [3.63, 3.8) is 0 Å². The highest BCUT2D eigenvalue weighted by molar-refractivity contribution is 5.54. The molecule has 3 atom stereocenters. The standard InChI is InChI=1S/C13H17N3O4/c1-2-5-18-12-10-11(15-7-16-12)13(10,17)19-6-8-3-4-9(14)20-8/h2,7-9,17H,1,3-6,14H2. The molecule has 1 aromatic rings. The summed E-state index contributed by atoms with van der Waals surface area (Å²) in [6.45, 7) is 4.12. The van der Waals surface area contributed by atoms with Crippen LogP contribution in [0.2, 0.25) is 0 Å². The molecule has 0 bridgehead atoms. The zero-order chi connectivity index (χ0) is 14.2. The van der Waals surface area contributed by atoms with Gasteiger partial charge in [0.1, 0.15) is 30.4 Å². The van der Waals surface area contributed by atoms with Crippen molar-refractivity contribution in [2.24, 2.45) is 5.73 Å². The molecule has 1 aromatic heterocycles. The van der Waals surface area contributed by atoms with E-state index in [9.17, 15) is 5.11 Å². The summed E-state index contributed by atoms with van der Waals surface area (Å²) in [5, 5.41) is 10.4. The van der Waals surface area contributed by atoms with Crippen molar-refractivity contribution in [1.82, 2.24) is 9.97 Å². The van der Waals surface area contributed by atoms with Gasteiger partial charge in [0.2, 0.25) is 11.7 Å². The van der Waals surface area contributed by atoms with Crippen LogP contribution in [-0.2, 0) is 15.3 Å². The number of aliphatic hydroxyl groups is 1. The fourth-order valence-corrected chi connectivity index (χ4v) is 2.30. The predicted octanol–water partition coefficient (Wildman–Crippen LogP) is 0.0286. The number of fused-ring (bicyclic) bond motifs is 1.